The van der Waals surface area contributed by atoms with Gasteiger partial charge in [0.2, 0.25) is 0 Å². The van der Waals surface area contributed by atoms with E-state index in [1.54, 1.807) is 0 Å². The lowest BCUT2D eigenvalue weighted by molar-refractivity contribution is -0.00500. The maximum absolute atomic E-state index is 5.82. The third-order valence-corrected chi connectivity index (χ3v) is 4.60. The molecule has 0 bridgehead atoms. The van der Waals surface area contributed by atoms with Gasteiger partial charge in [-0.2, -0.15) is 0 Å². The minimum absolute atomic E-state index is 0.489. The first kappa shape index (κ1) is 15.2. The molecule has 0 aromatic rings. The van der Waals surface area contributed by atoms with Crippen molar-refractivity contribution in [2.45, 2.75) is 50.8 Å². The highest BCUT2D eigenvalue weighted by Crippen LogP contribution is 2.18. The van der Waals surface area contributed by atoms with E-state index in [0.29, 0.717) is 18.2 Å². The standard InChI is InChI=1S/C15H31N3O/c1-4-5-15-10-13(6-9-19-15)16-11-14-12-17(2)7-8-18(14)3/h13-16H,4-12H2,1-3H3. The van der Waals surface area contributed by atoms with E-state index in [1.807, 2.05) is 0 Å². The SMILES string of the molecule is CCCC1CC(NCC2CN(C)CCN2C)CCO1. The van der Waals surface area contributed by atoms with Crippen LogP contribution in [0.4, 0.5) is 0 Å². The Morgan fingerprint density at radius 1 is 1.26 bits per heavy atom. The summed E-state index contributed by atoms with van der Waals surface area (Å²) in [5.74, 6) is 0. The second-order valence-electron chi connectivity index (χ2n) is 6.31. The van der Waals surface area contributed by atoms with Crippen LogP contribution in [0.2, 0.25) is 0 Å². The van der Waals surface area contributed by atoms with Gasteiger partial charge in [-0.15, -0.1) is 0 Å². The van der Waals surface area contributed by atoms with Crippen LogP contribution in [0.3, 0.4) is 0 Å². The lowest BCUT2D eigenvalue weighted by atomic mass is 9.99. The first-order valence-corrected chi connectivity index (χ1v) is 7.92. The Balaban J connectivity index is 1.71. The first-order valence-electron chi connectivity index (χ1n) is 7.92. The predicted molar refractivity (Wildman–Crippen MR) is 79.6 cm³/mol. The largest absolute Gasteiger partial charge is 0.378 e. The van der Waals surface area contributed by atoms with Crippen molar-refractivity contribution in [1.29, 1.82) is 0 Å². The molecule has 2 aliphatic rings. The fourth-order valence-electron chi connectivity index (χ4n) is 3.21. The van der Waals surface area contributed by atoms with Gasteiger partial charge in [-0.25, -0.2) is 0 Å². The van der Waals surface area contributed by atoms with Gasteiger partial charge >= 0.3 is 0 Å². The van der Waals surface area contributed by atoms with Crippen molar-refractivity contribution in [1.82, 2.24) is 15.1 Å². The Morgan fingerprint density at radius 3 is 2.89 bits per heavy atom. The van der Waals surface area contributed by atoms with E-state index in [9.17, 15) is 0 Å². The Hall–Kier alpha value is -0.160. The molecule has 2 fully saturated rings. The third kappa shape index (κ3) is 4.71. The molecule has 0 aromatic heterocycles. The maximum atomic E-state index is 5.82. The lowest BCUT2D eigenvalue weighted by Gasteiger charge is -2.39. The first-order chi connectivity index (χ1) is 9.19. The molecule has 2 heterocycles. The van der Waals surface area contributed by atoms with Gasteiger partial charge in [0.25, 0.3) is 0 Å². The number of piperazine rings is 1. The Morgan fingerprint density at radius 2 is 2.11 bits per heavy atom. The highest BCUT2D eigenvalue weighted by atomic mass is 16.5. The quantitative estimate of drug-likeness (QED) is 0.811. The zero-order valence-corrected chi connectivity index (χ0v) is 12.9. The maximum Gasteiger partial charge on any atom is 0.0589 e. The van der Waals surface area contributed by atoms with Crippen LogP contribution < -0.4 is 5.32 Å². The normalized spacial score (nSPS) is 34.6. The lowest BCUT2D eigenvalue weighted by Crippen LogP contribution is -2.55. The molecule has 0 spiro atoms. The third-order valence-electron chi connectivity index (χ3n) is 4.60. The van der Waals surface area contributed by atoms with Gasteiger partial charge in [0, 0.05) is 44.9 Å². The van der Waals surface area contributed by atoms with Gasteiger partial charge < -0.3 is 15.0 Å². The molecule has 3 unspecified atom stereocenters. The highest BCUT2D eigenvalue weighted by Gasteiger charge is 2.25. The van der Waals surface area contributed by atoms with Crippen molar-refractivity contribution < 1.29 is 4.74 Å². The molecule has 0 aromatic carbocycles. The molecule has 4 nitrogen and oxygen atoms in total. The molecule has 19 heavy (non-hydrogen) atoms. The summed E-state index contributed by atoms with van der Waals surface area (Å²) in [7, 11) is 4.48. The van der Waals surface area contributed by atoms with Crippen molar-refractivity contribution in [2.75, 3.05) is 46.9 Å². The summed E-state index contributed by atoms with van der Waals surface area (Å²) in [6.45, 7) is 7.86. The molecule has 112 valence electrons. The van der Waals surface area contributed by atoms with Gasteiger partial charge in [-0.1, -0.05) is 13.3 Å². The minimum atomic E-state index is 0.489. The highest BCUT2D eigenvalue weighted by molar-refractivity contribution is 4.83. The van der Waals surface area contributed by atoms with E-state index in [4.69, 9.17) is 4.74 Å². The molecule has 2 aliphatic heterocycles. The summed E-state index contributed by atoms with van der Waals surface area (Å²) in [5, 5.41) is 3.78. The van der Waals surface area contributed by atoms with E-state index in [-0.39, 0.29) is 0 Å². The van der Waals surface area contributed by atoms with Gasteiger partial charge in [0.1, 0.15) is 0 Å². The van der Waals surface area contributed by atoms with Crippen molar-refractivity contribution in [3.05, 3.63) is 0 Å². The van der Waals surface area contributed by atoms with E-state index in [0.717, 1.165) is 13.2 Å². The molecular weight excluding hydrogens is 238 g/mol. The summed E-state index contributed by atoms with van der Waals surface area (Å²) in [6.07, 6.45) is 5.30. The number of likely N-dealkylation sites (N-methyl/N-ethyl adjacent to an activating group) is 2. The molecule has 4 heteroatoms. The Bertz CT molecular complexity index is 260. The molecule has 0 radical (unpaired) electrons. The van der Waals surface area contributed by atoms with Crippen molar-refractivity contribution >= 4 is 0 Å². The fourth-order valence-corrected chi connectivity index (χ4v) is 3.21. The number of hydrogen-bond donors (Lipinski definition) is 1. The van der Waals surface area contributed by atoms with E-state index >= 15 is 0 Å². The molecule has 1 N–H and O–H groups in total. The molecule has 0 aliphatic carbocycles. The Kier molecular flexibility index (Phi) is 6.07. The monoisotopic (exact) mass is 269 g/mol. The van der Waals surface area contributed by atoms with Crippen LogP contribution in [0.1, 0.15) is 32.6 Å². The summed E-state index contributed by atoms with van der Waals surface area (Å²) in [6, 6.07) is 1.32. The van der Waals surface area contributed by atoms with Gasteiger partial charge in [0.05, 0.1) is 6.10 Å². The van der Waals surface area contributed by atoms with Crippen LogP contribution in [0.15, 0.2) is 0 Å². The number of nitrogens with zero attached hydrogens (tertiary/aromatic N) is 2. The fraction of sp³-hybridized carbons (Fsp3) is 1.00. The van der Waals surface area contributed by atoms with Crippen molar-refractivity contribution in [3.63, 3.8) is 0 Å². The zero-order chi connectivity index (χ0) is 13.7. The van der Waals surface area contributed by atoms with Gasteiger partial charge in [-0.05, 0) is 33.4 Å². The molecule has 3 atom stereocenters. The zero-order valence-electron chi connectivity index (χ0n) is 12.9. The van der Waals surface area contributed by atoms with Crippen LogP contribution in [0, 0.1) is 0 Å². The van der Waals surface area contributed by atoms with Gasteiger partial charge in [0.15, 0.2) is 0 Å². The minimum Gasteiger partial charge on any atom is -0.378 e. The second kappa shape index (κ2) is 7.58. The number of ether oxygens (including phenoxy) is 1. The topological polar surface area (TPSA) is 27.7 Å². The van der Waals surface area contributed by atoms with Crippen LogP contribution in [0.5, 0.6) is 0 Å². The second-order valence-corrected chi connectivity index (χ2v) is 6.31. The Labute approximate surface area is 118 Å². The van der Waals surface area contributed by atoms with E-state index in [1.165, 1.54) is 45.3 Å². The average molecular weight is 269 g/mol. The molecule has 2 rings (SSSR count). The summed E-state index contributed by atoms with van der Waals surface area (Å²) >= 11 is 0. The summed E-state index contributed by atoms with van der Waals surface area (Å²) < 4.78 is 5.82. The number of nitrogens with one attached hydrogen (secondary N) is 1. The van der Waals surface area contributed by atoms with Crippen LogP contribution in [-0.2, 0) is 4.74 Å². The van der Waals surface area contributed by atoms with E-state index in [2.05, 4.69) is 36.1 Å². The van der Waals surface area contributed by atoms with Crippen molar-refractivity contribution in [2.24, 2.45) is 0 Å². The van der Waals surface area contributed by atoms with Crippen LogP contribution in [0.25, 0.3) is 0 Å². The molecular formula is C15H31N3O. The summed E-state index contributed by atoms with van der Waals surface area (Å²) in [5.41, 5.74) is 0. The average Bonchev–Trinajstić information content (AvgIpc) is 2.41. The predicted octanol–water partition coefficient (Wildman–Crippen LogP) is 1.17. The van der Waals surface area contributed by atoms with E-state index < -0.39 is 0 Å². The number of hydrogen-bond acceptors (Lipinski definition) is 4. The van der Waals surface area contributed by atoms with Crippen LogP contribution in [-0.4, -0.2) is 74.9 Å². The molecule has 0 amide bonds. The molecule has 0 saturated carbocycles. The smallest absolute Gasteiger partial charge is 0.0589 e. The number of rotatable bonds is 5. The summed E-state index contributed by atoms with van der Waals surface area (Å²) in [4.78, 5) is 4.94. The van der Waals surface area contributed by atoms with Crippen molar-refractivity contribution in [3.8, 4) is 0 Å². The van der Waals surface area contributed by atoms with Gasteiger partial charge in [-0.3, -0.25) is 4.90 Å². The van der Waals surface area contributed by atoms with Crippen LogP contribution >= 0.6 is 0 Å². The molecule has 2 saturated heterocycles.